The van der Waals surface area contributed by atoms with Crippen LogP contribution in [-0.4, -0.2) is 54.8 Å². The zero-order valence-corrected chi connectivity index (χ0v) is 15.2. The number of benzene rings is 1. The van der Waals surface area contributed by atoms with E-state index in [1.807, 2.05) is 22.4 Å². The molecule has 5 nitrogen and oxygen atoms in total. The lowest BCUT2D eigenvalue weighted by molar-refractivity contribution is -0.116. The molecule has 0 spiro atoms. The highest BCUT2D eigenvalue weighted by Gasteiger charge is 2.20. The first-order valence-corrected chi connectivity index (χ1v) is 9.40. The molecule has 0 atom stereocenters. The number of rotatable bonds is 5. The van der Waals surface area contributed by atoms with Crippen molar-refractivity contribution >= 4 is 28.8 Å². The van der Waals surface area contributed by atoms with Gasteiger partial charge in [-0.05, 0) is 49.2 Å². The molecule has 0 unspecified atom stereocenters. The summed E-state index contributed by atoms with van der Waals surface area (Å²) in [5.41, 5.74) is 1.40. The van der Waals surface area contributed by atoms with Gasteiger partial charge in [-0.15, -0.1) is 11.3 Å². The first kappa shape index (κ1) is 17.6. The van der Waals surface area contributed by atoms with E-state index in [1.54, 1.807) is 35.6 Å². The van der Waals surface area contributed by atoms with Crippen LogP contribution in [0.25, 0.3) is 0 Å². The van der Waals surface area contributed by atoms with Crippen LogP contribution < -0.4 is 5.32 Å². The molecule has 2 aromatic rings. The maximum atomic E-state index is 12.5. The third kappa shape index (κ3) is 4.90. The number of carbonyl (C=O) groups excluding carboxylic acids is 2. The third-order valence-corrected chi connectivity index (χ3v) is 5.32. The SMILES string of the molecule is CN1CCN(C(=O)c2ccc(NC(=O)CCc3cccs3)cc2)CC1. The van der Waals surface area contributed by atoms with E-state index in [4.69, 9.17) is 0 Å². The van der Waals surface area contributed by atoms with E-state index in [0.717, 1.165) is 38.3 Å². The molecule has 25 heavy (non-hydrogen) atoms. The minimum atomic E-state index is -0.00783. The number of thiophene rings is 1. The van der Waals surface area contributed by atoms with Crippen molar-refractivity contribution in [3.05, 3.63) is 52.2 Å². The number of nitrogens with one attached hydrogen (secondary N) is 1. The molecular formula is C19H23N3O2S. The first-order valence-electron chi connectivity index (χ1n) is 8.52. The Labute approximate surface area is 152 Å². The average molecular weight is 357 g/mol. The molecule has 1 saturated heterocycles. The lowest BCUT2D eigenvalue weighted by Gasteiger charge is -2.32. The summed E-state index contributed by atoms with van der Waals surface area (Å²) in [5.74, 6) is 0.0511. The summed E-state index contributed by atoms with van der Waals surface area (Å²) in [6, 6.07) is 11.2. The summed E-state index contributed by atoms with van der Waals surface area (Å²) in [7, 11) is 2.07. The van der Waals surface area contributed by atoms with Gasteiger partial charge >= 0.3 is 0 Å². The molecule has 0 saturated carbocycles. The van der Waals surface area contributed by atoms with Gasteiger partial charge in [0.05, 0.1) is 0 Å². The standard InChI is InChI=1S/C19H23N3O2S/c1-21-10-12-22(13-11-21)19(24)15-4-6-16(7-5-15)20-18(23)9-8-17-3-2-14-25-17/h2-7,14H,8-13H2,1H3,(H,20,23). The largest absolute Gasteiger partial charge is 0.336 e. The number of aryl methyl sites for hydroxylation is 1. The summed E-state index contributed by atoms with van der Waals surface area (Å²) >= 11 is 1.66. The van der Waals surface area contributed by atoms with Crippen LogP contribution >= 0.6 is 11.3 Å². The number of hydrogen-bond donors (Lipinski definition) is 1. The Morgan fingerprint density at radius 3 is 2.44 bits per heavy atom. The molecule has 1 aromatic heterocycles. The van der Waals surface area contributed by atoms with E-state index in [-0.39, 0.29) is 11.8 Å². The minimum Gasteiger partial charge on any atom is -0.336 e. The quantitative estimate of drug-likeness (QED) is 0.895. The Kier molecular flexibility index (Phi) is 5.83. The number of piperazine rings is 1. The van der Waals surface area contributed by atoms with Crippen molar-refractivity contribution in [1.29, 1.82) is 0 Å². The van der Waals surface area contributed by atoms with Crippen LogP contribution in [0, 0.1) is 0 Å². The van der Waals surface area contributed by atoms with Gasteiger partial charge in [-0.1, -0.05) is 6.07 Å². The Morgan fingerprint density at radius 2 is 1.80 bits per heavy atom. The van der Waals surface area contributed by atoms with E-state index < -0.39 is 0 Å². The van der Waals surface area contributed by atoms with Crippen molar-refractivity contribution < 1.29 is 9.59 Å². The first-order chi connectivity index (χ1) is 12.1. The van der Waals surface area contributed by atoms with Crippen molar-refractivity contribution in [2.75, 3.05) is 38.5 Å². The summed E-state index contributed by atoms with van der Waals surface area (Å²) in [4.78, 5) is 29.8. The predicted octanol–water partition coefficient (Wildman–Crippen LogP) is 2.71. The molecule has 1 N–H and O–H groups in total. The molecule has 3 rings (SSSR count). The number of likely N-dealkylation sites (N-methyl/N-ethyl adjacent to an activating group) is 1. The van der Waals surface area contributed by atoms with Crippen molar-refractivity contribution in [2.24, 2.45) is 0 Å². The summed E-state index contributed by atoms with van der Waals surface area (Å²) in [6.45, 7) is 3.33. The van der Waals surface area contributed by atoms with Crippen molar-refractivity contribution in [1.82, 2.24) is 9.80 Å². The third-order valence-electron chi connectivity index (χ3n) is 4.38. The fourth-order valence-corrected chi connectivity index (χ4v) is 3.51. The van der Waals surface area contributed by atoms with E-state index in [0.29, 0.717) is 12.0 Å². The smallest absolute Gasteiger partial charge is 0.253 e. The number of nitrogens with zero attached hydrogens (tertiary/aromatic N) is 2. The summed E-state index contributed by atoms with van der Waals surface area (Å²) < 4.78 is 0. The average Bonchev–Trinajstić information content (AvgIpc) is 3.14. The molecule has 1 aromatic carbocycles. The number of carbonyl (C=O) groups is 2. The van der Waals surface area contributed by atoms with Crippen LogP contribution in [0.5, 0.6) is 0 Å². The highest BCUT2D eigenvalue weighted by molar-refractivity contribution is 7.09. The highest BCUT2D eigenvalue weighted by atomic mass is 32.1. The molecular weight excluding hydrogens is 334 g/mol. The molecule has 2 heterocycles. The molecule has 0 radical (unpaired) electrons. The van der Waals surface area contributed by atoms with E-state index >= 15 is 0 Å². The monoisotopic (exact) mass is 357 g/mol. The van der Waals surface area contributed by atoms with Gasteiger partial charge in [0, 0.05) is 48.7 Å². The van der Waals surface area contributed by atoms with Gasteiger partial charge in [0.2, 0.25) is 5.91 Å². The van der Waals surface area contributed by atoms with E-state index in [2.05, 4.69) is 17.3 Å². The molecule has 2 amide bonds. The van der Waals surface area contributed by atoms with Crippen LogP contribution in [0.4, 0.5) is 5.69 Å². The predicted molar refractivity (Wildman–Crippen MR) is 101 cm³/mol. The van der Waals surface area contributed by atoms with E-state index in [9.17, 15) is 9.59 Å². The highest BCUT2D eigenvalue weighted by Crippen LogP contribution is 2.15. The normalized spacial score (nSPS) is 15.2. The van der Waals surface area contributed by atoms with Crippen molar-refractivity contribution in [2.45, 2.75) is 12.8 Å². The van der Waals surface area contributed by atoms with Crippen LogP contribution in [0.2, 0.25) is 0 Å². The Hall–Kier alpha value is -2.18. The fourth-order valence-electron chi connectivity index (χ4n) is 2.80. The number of amides is 2. The van der Waals surface area contributed by atoms with E-state index in [1.165, 1.54) is 4.88 Å². The van der Waals surface area contributed by atoms with Crippen LogP contribution in [0.3, 0.4) is 0 Å². The van der Waals surface area contributed by atoms with Gasteiger partial charge in [0.15, 0.2) is 0 Å². The topological polar surface area (TPSA) is 52.6 Å². The zero-order chi connectivity index (χ0) is 17.6. The molecule has 0 bridgehead atoms. The van der Waals surface area contributed by atoms with Crippen molar-refractivity contribution in [3.63, 3.8) is 0 Å². The lowest BCUT2D eigenvalue weighted by Crippen LogP contribution is -2.47. The Bertz CT molecular complexity index is 705. The molecule has 132 valence electrons. The van der Waals surface area contributed by atoms with Crippen molar-refractivity contribution in [3.8, 4) is 0 Å². The zero-order valence-electron chi connectivity index (χ0n) is 14.4. The maximum Gasteiger partial charge on any atom is 0.253 e. The summed E-state index contributed by atoms with van der Waals surface area (Å²) in [6.07, 6.45) is 1.21. The molecule has 1 fully saturated rings. The second-order valence-corrected chi connectivity index (χ2v) is 7.33. The molecule has 6 heteroatoms. The lowest BCUT2D eigenvalue weighted by atomic mass is 10.1. The van der Waals surface area contributed by atoms with Gasteiger partial charge in [-0.3, -0.25) is 9.59 Å². The van der Waals surface area contributed by atoms with Gasteiger partial charge in [-0.2, -0.15) is 0 Å². The second-order valence-electron chi connectivity index (χ2n) is 6.30. The van der Waals surface area contributed by atoms with Gasteiger partial charge < -0.3 is 15.1 Å². The number of hydrogen-bond acceptors (Lipinski definition) is 4. The molecule has 0 aliphatic carbocycles. The van der Waals surface area contributed by atoms with Crippen LogP contribution in [-0.2, 0) is 11.2 Å². The maximum absolute atomic E-state index is 12.5. The molecule has 1 aliphatic rings. The van der Waals surface area contributed by atoms with Gasteiger partial charge in [-0.25, -0.2) is 0 Å². The Balaban J connectivity index is 1.51. The van der Waals surface area contributed by atoms with Gasteiger partial charge in [0.25, 0.3) is 5.91 Å². The van der Waals surface area contributed by atoms with Crippen LogP contribution in [0.15, 0.2) is 41.8 Å². The number of anilines is 1. The van der Waals surface area contributed by atoms with Gasteiger partial charge in [0.1, 0.15) is 0 Å². The Morgan fingerprint density at radius 1 is 1.08 bits per heavy atom. The molecule has 1 aliphatic heterocycles. The minimum absolute atomic E-state index is 0.00783. The summed E-state index contributed by atoms with van der Waals surface area (Å²) in [5, 5.41) is 4.91. The second kappa shape index (κ2) is 8.27. The fraction of sp³-hybridized carbons (Fsp3) is 0.368. The van der Waals surface area contributed by atoms with Crippen LogP contribution in [0.1, 0.15) is 21.7 Å².